The van der Waals surface area contributed by atoms with E-state index in [4.69, 9.17) is 16.9 Å². The number of amides is 1. The van der Waals surface area contributed by atoms with Crippen LogP contribution in [0.15, 0.2) is 61.2 Å². The van der Waals surface area contributed by atoms with Crippen molar-refractivity contribution < 1.29 is 4.79 Å². The molecule has 8 nitrogen and oxygen atoms in total. The molecule has 0 saturated carbocycles. The Balaban J connectivity index is 1.39. The molecule has 9 heteroatoms. The minimum atomic E-state index is -0.268. The summed E-state index contributed by atoms with van der Waals surface area (Å²) in [4.78, 5) is 21.2. The van der Waals surface area contributed by atoms with Crippen molar-refractivity contribution in [3.05, 3.63) is 83.2 Å². The largest absolute Gasteiger partial charge is 0.346 e. The van der Waals surface area contributed by atoms with Crippen LogP contribution in [-0.4, -0.2) is 36.3 Å². The van der Waals surface area contributed by atoms with E-state index >= 15 is 0 Å². The highest BCUT2D eigenvalue weighted by Crippen LogP contribution is 2.24. The fourth-order valence-corrected chi connectivity index (χ4v) is 3.47. The number of hydrogen-bond donors (Lipinski definition) is 1. The Hall–Kier alpha value is -3.96. The molecule has 1 aromatic carbocycles. The average Bonchev–Trinajstić information content (AvgIpc) is 3.44. The van der Waals surface area contributed by atoms with Gasteiger partial charge in [-0.05, 0) is 44.2 Å². The number of carbonyl (C=O) groups is 1. The lowest BCUT2D eigenvalue weighted by molar-refractivity contribution is 0.0931. The predicted octanol–water partition coefficient (Wildman–Crippen LogP) is 3.78. The minimum Gasteiger partial charge on any atom is -0.346 e. The van der Waals surface area contributed by atoms with Crippen molar-refractivity contribution in [3.8, 4) is 23.1 Å². The number of pyridine rings is 1. The fraction of sp³-hybridized carbons (Fsp3) is 0.174. The van der Waals surface area contributed by atoms with Gasteiger partial charge in [0.05, 0.1) is 22.8 Å². The highest BCUT2D eigenvalue weighted by Gasteiger charge is 2.15. The summed E-state index contributed by atoms with van der Waals surface area (Å²) < 4.78 is 3.47. The molecule has 0 spiro atoms. The maximum Gasteiger partial charge on any atom is 0.271 e. The number of nitrogens with one attached hydrogen (secondary N) is 1. The molecule has 0 fully saturated rings. The molecule has 0 aliphatic carbocycles. The normalized spacial score (nSPS) is 11.7. The fourth-order valence-electron chi connectivity index (χ4n) is 3.24. The summed E-state index contributed by atoms with van der Waals surface area (Å²) >= 11 is 6.12. The molecule has 1 atom stereocenters. The van der Waals surface area contributed by atoms with E-state index in [9.17, 15) is 4.79 Å². The van der Waals surface area contributed by atoms with E-state index in [-0.39, 0.29) is 11.9 Å². The third-order valence-corrected chi connectivity index (χ3v) is 5.13. The highest BCUT2D eigenvalue weighted by molar-refractivity contribution is 6.32. The lowest BCUT2D eigenvalue weighted by Gasteiger charge is -2.13. The molecule has 4 aromatic rings. The first-order valence-electron chi connectivity index (χ1n) is 9.95. The van der Waals surface area contributed by atoms with Crippen LogP contribution >= 0.6 is 11.6 Å². The lowest BCUT2D eigenvalue weighted by Crippen LogP contribution is -2.36. The van der Waals surface area contributed by atoms with Crippen molar-refractivity contribution in [2.24, 2.45) is 0 Å². The smallest absolute Gasteiger partial charge is 0.271 e. The Bertz CT molecular complexity index is 1320. The number of aromatic nitrogens is 5. The zero-order chi connectivity index (χ0) is 22.7. The van der Waals surface area contributed by atoms with E-state index in [1.165, 1.54) is 0 Å². The van der Waals surface area contributed by atoms with Crippen LogP contribution in [0.5, 0.6) is 0 Å². The molecule has 0 unspecified atom stereocenters. The van der Waals surface area contributed by atoms with Crippen LogP contribution in [0, 0.1) is 18.3 Å². The minimum absolute atomic E-state index is 0.179. The third kappa shape index (κ3) is 4.68. The maximum atomic E-state index is 12.6. The number of hydrogen-bond acceptors (Lipinski definition) is 5. The van der Waals surface area contributed by atoms with Crippen LogP contribution < -0.4 is 5.32 Å². The number of benzene rings is 1. The van der Waals surface area contributed by atoms with Crippen LogP contribution in [-0.2, 0) is 6.54 Å². The summed E-state index contributed by atoms with van der Waals surface area (Å²) in [7, 11) is 0. The Labute approximate surface area is 190 Å². The Kier molecular flexibility index (Phi) is 6.01. The second kappa shape index (κ2) is 9.04. The van der Waals surface area contributed by atoms with E-state index in [1.54, 1.807) is 33.9 Å². The van der Waals surface area contributed by atoms with E-state index in [1.807, 2.05) is 56.4 Å². The van der Waals surface area contributed by atoms with Gasteiger partial charge in [0.1, 0.15) is 23.9 Å². The van der Waals surface area contributed by atoms with Crippen LogP contribution in [0.4, 0.5) is 0 Å². The first-order valence-corrected chi connectivity index (χ1v) is 10.3. The van der Waals surface area contributed by atoms with Crippen molar-refractivity contribution in [2.45, 2.75) is 26.4 Å². The Morgan fingerprint density at radius 2 is 2.12 bits per heavy atom. The SMILES string of the molecule is Cc1cccc(-n2cnc(C(=O)N[C@@H](C)Cn3ccc(-c4ccc(C#N)c(Cl)c4)n3)c2)n1. The van der Waals surface area contributed by atoms with Gasteiger partial charge in [-0.1, -0.05) is 23.7 Å². The van der Waals surface area contributed by atoms with Gasteiger partial charge >= 0.3 is 0 Å². The zero-order valence-electron chi connectivity index (χ0n) is 17.5. The molecule has 1 amide bonds. The van der Waals surface area contributed by atoms with Crippen molar-refractivity contribution in [1.82, 2.24) is 29.6 Å². The molecule has 32 heavy (non-hydrogen) atoms. The van der Waals surface area contributed by atoms with Gasteiger partial charge in [0.2, 0.25) is 0 Å². The molecule has 3 aromatic heterocycles. The molecule has 0 aliphatic heterocycles. The quantitative estimate of drug-likeness (QED) is 0.486. The number of carbonyl (C=O) groups excluding carboxylic acids is 1. The maximum absolute atomic E-state index is 12.6. The van der Waals surface area contributed by atoms with E-state index in [0.29, 0.717) is 28.6 Å². The van der Waals surface area contributed by atoms with Crippen molar-refractivity contribution in [2.75, 3.05) is 0 Å². The molecular weight excluding hydrogens is 426 g/mol. The molecule has 0 aliphatic rings. The second-order valence-electron chi connectivity index (χ2n) is 7.41. The number of nitriles is 1. The lowest BCUT2D eigenvalue weighted by atomic mass is 10.1. The van der Waals surface area contributed by atoms with Gasteiger partial charge in [0.25, 0.3) is 5.91 Å². The van der Waals surface area contributed by atoms with Crippen LogP contribution in [0.1, 0.15) is 28.7 Å². The van der Waals surface area contributed by atoms with Gasteiger partial charge in [-0.3, -0.25) is 14.0 Å². The van der Waals surface area contributed by atoms with Gasteiger partial charge in [-0.15, -0.1) is 0 Å². The van der Waals surface area contributed by atoms with E-state index in [2.05, 4.69) is 20.4 Å². The first-order chi connectivity index (χ1) is 15.4. The number of aryl methyl sites for hydroxylation is 1. The van der Waals surface area contributed by atoms with E-state index < -0.39 is 0 Å². The van der Waals surface area contributed by atoms with Crippen LogP contribution in [0.25, 0.3) is 17.1 Å². The molecule has 0 radical (unpaired) electrons. The van der Waals surface area contributed by atoms with E-state index in [0.717, 1.165) is 17.0 Å². The number of halogens is 1. The standard InChI is InChI=1S/C23H20ClN7O/c1-15-4-3-5-22(27-15)30-13-21(26-14-30)23(32)28-16(2)12-31-9-8-20(29-31)17-6-7-18(11-25)19(24)10-17/h3-10,13-14,16H,12H2,1-2H3,(H,28,32)/t16-/m0/s1. The third-order valence-electron chi connectivity index (χ3n) is 4.82. The molecule has 4 rings (SSSR count). The van der Waals surface area contributed by atoms with Gasteiger partial charge < -0.3 is 5.32 Å². The summed E-state index contributed by atoms with van der Waals surface area (Å²) in [6, 6.07) is 14.6. The average molecular weight is 446 g/mol. The molecule has 3 heterocycles. The number of imidazole rings is 1. The van der Waals surface area contributed by atoms with Gasteiger partial charge in [0, 0.05) is 29.7 Å². The van der Waals surface area contributed by atoms with Crippen LogP contribution in [0.3, 0.4) is 0 Å². The highest BCUT2D eigenvalue weighted by atomic mass is 35.5. The first kappa shape index (κ1) is 21.3. The Morgan fingerprint density at radius 3 is 2.88 bits per heavy atom. The second-order valence-corrected chi connectivity index (χ2v) is 7.81. The predicted molar refractivity (Wildman–Crippen MR) is 120 cm³/mol. The summed E-state index contributed by atoms with van der Waals surface area (Å²) in [5.41, 5.74) is 3.18. The molecule has 0 saturated heterocycles. The topological polar surface area (TPSA) is 101 Å². The molecule has 160 valence electrons. The monoisotopic (exact) mass is 445 g/mol. The van der Waals surface area contributed by atoms with Gasteiger partial charge in [0.15, 0.2) is 0 Å². The summed E-state index contributed by atoms with van der Waals surface area (Å²) in [5, 5.41) is 16.9. The van der Waals surface area contributed by atoms with Gasteiger partial charge in [-0.2, -0.15) is 10.4 Å². The zero-order valence-corrected chi connectivity index (χ0v) is 18.3. The summed E-state index contributed by atoms with van der Waals surface area (Å²) in [6.45, 7) is 4.29. The summed E-state index contributed by atoms with van der Waals surface area (Å²) in [6.07, 6.45) is 5.07. The van der Waals surface area contributed by atoms with Crippen molar-refractivity contribution in [1.29, 1.82) is 5.26 Å². The molecular formula is C23H20ClN7O. The number of rotatable bonds is 6. The number of nitrogens with zero attached hydrogens (tertiary/aromatic N) is 6. The van der Waals surface area contributed by atoms with Crippen molar-refractivity contribution >= 4 is 17.5 Å². The molecule has 0 bridgehead atoms. The van der Waals surface area contributed by atoms with Crippen molar-refractivity contribution in [3.63, 3.8) is 0 Å². The molecule has 1 N–H and O–H groups in total. The summed E-state index contributed by atoms with van der Waals surface area (Å²) in [5.74, 6) is 0.437. The van der Waals surface area contributed by atoms with Crippen LogP contribution in [0.2, 0.25) is 5.02 Å². The van der Waals surface area contributed by atoms with Gasteiger partial charge in [-0.25, -0.2) is 9.97 Å². The Morgan fingerprint density at radius 1 is 1.28 bits per heavy atom.